The van der Waals surface area contributed by atoms with E-state index in [0.717, 1.165) is 68.3 Å². The van der Waals surface area contributed by atoms with Gasteiger partial charge in [0.15, 0.2) is 0 Å². The van der Waals surface area contributed by atoms with E-state index in [9.17, 15) is 0 Å². The molecular weight excluding hydrogens is 1030 g/mol. The second-order valence-corrected chi connectivity index (χ2v) is 16.7. The van der Waals surface area contributed by atoms with Crippen LogP contribution in [0.25, 0.3) is 50.3 Å². The van der Waals surface area contributed by atoms with Crippen LogP contribution >= 0.6 is 0 Å². The van der Waals surface area contributed by atoms with Crippen molar-refractivity contribution in [3.8, 4) is 51.5 Å². The van der Waals surface area contributed by atoms with Crippen molar-refractivity contribution in [1.29, 1.82) is 0 Å². The van der Waals surface area contributed by atoms with Crippen LogP contribution in [-0.2, 0) is 54.3 Å². The van der Waals surface area contributed by atoms with E-state index >= 15 is 0 Å². The molecule has 8 aromatic rings. The van der Waals surface area contributed by atoms with E-state index in [1.54, 1.807) is 18.5 Å². The van der Waals surface area contributed by atoms with Crippen molar-refractivity contribution in [2.75, 3.05) is 0 Å². The van der Waals surface area contributed by atoms with Crippen molar-refractivity contribution < 1.29 is 51.0 Å². The predicted octanol–water partition coefficient (Wildman–Crippen LogP) is 13.1. The van der Waals surface area contributed by atoms with Crippen LogP contribution in [0.5, 0.6) is 23.0 Å². The molecule has 0 spiro atoms. The molecule has 61 heavy (non-hydrogen) atoms. The van der Waals surface area contributed by atoms with Gasteiger partial charge in [-0.1, -0.05) is 114 Å². The number of rotatable bonds is 13. The second-order valence-electron chi connectivity index (χ2n) is 16.7. The zero-order valence-electron chi connectivity index (χ0n) is 35.7. The molecule has 0 fully saturated rings. The topological polar surface area (TPSA) is 75.0 Å². The van der Waals surface area contributed by atoms with Gasteiger partial charge in [-0.3, -0.25) is 0 Å². The molecule has 0 atom stereocenters. The van der Waals surface area contributed by atoms with Gasteiger partial charge in [-0.2, -0.15) is 22.9 Å². The van der Waals surface area contributed by atoms with Crippen molar-refractivity contribution in [1.82, 2.24) is 24.5 Å². The maximum absolute atomic E-state index is 6.59. The SMILES string of the molecule is CC(C)Cc1ccnc(-c2[c-]c(Oc3[c-]c4c(cc3)c3ccc(Oc5[c-]c(-c6cc(CC(C)C)ccn6)cc(C(C)C)c5)[c-]c3n4-c3ncccn3)cc(C(C)C)c2)c1.[Pd+2].[Pt+2]. The third-order valence-corrected chi connectivity index (χ3v) is 10.3. The molecule has 0 aliphatic carbocycles. The first kappa shape index (κ1) is 45.5. The van der Waals surface area contributed by atoms with Gasteiger partial charge >= 0.3 is 41.5 Å². The Balaban J connectivity index is 0.00000311. The summed E-state index contributed by atoms with van der Waals surface area (Å²) < 4.78 is 15.1. The molecular formula is C52H49N5O2PdPt. The zero-order chi connectivity index (χ0) is 41.2. The maximum Gasteiger partial charge on any atom is 2.00 e. The van der Waals surface area contributed by atoms with Crippen LogP contribution in [0.4, 0.5) is 0 Å². The number of pyridine rings is 2. The molecule has 0 saturated heterocycles. The molecule has 0 N–H and O–H groups in total. The molecule has 0 saturated carbocycles. The molecule has 8 rings (SSSR count). The first-order chi connectivity index (χ1) is 28.5. The summed E-state index contributed by atoms with van der Waals surface area (Å²) in [7, 11) is 0. The van der Waals surface area contributed by atoms with E-state index in [4.69, 9.17) is 19.4 Å². The summed E-state index contributed by atoms with van der Waals surface area (Å²) in [6.07, 6.45) is 9.20. The van der Waals surface area contributed by atoms with Gasteiger partial charge in [-0.25, -0.2) is 9.97 Å². The molecule has 0 unspecified atom stereocenters. The fourth-order valence-electron chi connectivity index (χ4n) is 7.41. The van der Waals surface area contributed by atoms with E-state index < -0.39 is 0 Å². The first-order valence-electron chi connectivity index (χ1n) is 20.6. The van der Waals surface area contributed by atoms with E-state index in [2.05, 4.69) is 126 Å². The Morgan fingerprint density at radius 3 is 1.36 bits per heavy atom. The molecule has 0 aliphatic rings. The second kappa shape index (κ2) is 19.8. The van der Waals surface area contributed by atoms with Crippen molar-refractivity contribution in [2.45, 2.75) is 80.1 Å². The number of benzene rings is 4. The molecule has 0 amide bonds. The summed E-state index contributed by atoms with van der Waals surface area (Å²) in [6, 6.07) is 40.8. The van der Waals surface area contributed by atoms with Gasteiger partial charge in [0.1, 0.15) is 0 Å². The molecule has 314 valence electrons. The van der Waals surface area contributed by atoms with Crippen molar-refractivity contribution >= 4 is 21.8 Å². The third-order valence-electron chi connectivity index (χ3n) is 10.3. The molecule has 7 nitrogen and oxygen atoms in total. The summed E-state index contributed by atoms with van der Waals surface area (Å²) in [5.74, 6) is 4.40. The van der Waals surface area contributed by atoms with E-state index in [-0.39, 0.29) is 53.3 Å². The maximum atomic E-state index is 6.59. The van der Waals surface area contributed by atoms with Crippen LogP contribution in [0, 0.1) is 36.1 Å². The molecule has 0 radical (unpaired) electrons. The van der Waals surface area contributed by atoms with Gasteiger partial charge in [0.2, 0.25) is 5.95 Å². The molecule has 4 aromatic heterocycles. The van der Waals surface area contributed by atoms with Crippen LogP contribution in [0.3, 0.4) is 0 Å². The number of hydrogen-bond acceptors (Lipinski definition) is 6. The Morgan fingerprint density at radius 1 is 0.508 bits per heavy atom. The van der Waals surface area contributed by atoms with E-state index in [1.807, 2.05) is 53.4 Å². The fourth-order valence-corrected chi connectivity index (χ4v) is 7.41. The minimum atomic E-state index is 0. The smallest absolute Gasteiger partial charge is 0.503 e. The first-order valence-corrected chi connectivity index (χ1v) is 20.6. The standard InChI is InChI=1S/C52H49N5O2.Pd.Pt/c1-32(2)20-36-14-18-53-48(22-36)40-24-38(34(5)6)26-44(28-40)58-42-10-12-46-47-13-11-43(31-51(47)57(50(46)30-42)52-55-16-9-17-56-52)59-45-27-39(35(7)8)25-41(29-45)49-23-37(15-19-54-49)21-33(3)4;;/h9-19,22-27,32-35H,20-21H2,1-8H3;;/q-4;2*+2. The van der Waals surface area contributed by atoms with Gasteiger partial charge in [0.25, 0.3) is 0 Å². The fraction of sp³-hybridized carbons (Fsp3) is 0.269. The Hall–Kier alpha value is -4.99. The van der Waals surface area contributed by atoms with Crippen LogP contribution in [0.2, 0.25) is 0 Å². The minimum Gasteiger partial charge on any atom is -0.503 e. The number of nitrogens with zero attached hydrogens (tertiary/aromatic N) is 5. The largest absolute Gasteiger partial charge is 2.00 e. The summed E-state index contributed by atoms with van der Waals surface area (Å²) in [4.78, 5) is 18.8. The van der Waals surface area contributed by atoms with Crippen LogP contribution < -0.4 is 9.47 Å². The van der Waals surface area contributed by atoms with Crippen LogP contribution in [0.15, 0.2) is 104 Å². The van der Waals surface area contributed by atoms with Crippen LogP contribution in [0.1, 0.15) is 89.5 Å². The van der Waals surface area contributed by atoms with Crippen molar-refractivity contribution in [3.63, 3.8) is 0 Å². The molecule has 0 aliphatic heterocycles. The van der Waals surface area contributed by atoms with Gasteiger partial charge in [-0.15, -0.1) is 58.7 Å². The van der Waals surface area contributed by atoms with Gasteiger partial charge in [0, 0.05) is 47.8 Å². The van der Waals surface area contributed by atoms with Crippen molar-refractivity contribution in [3.05, 3.63) is 150 Å². The van der Waals surface area contributed by atoms with E-state index in [0.29, 0.717) is 40.8 Å². The van der Waals surface area contributed by atoms with Gasteiger partial charge in [0.05, 0.1) is 0 Å². The molecule has 4 heterocycles. The molecule has 0 bridgehead atoms. The molecule has 4 aromatic carbocycles. The summed E-state index contributed by atoms with van der Waals surface area (Å²) in [6.45, 7) is 17.6. The van der Waals surface area contributed by atoms with Crippen molar-refractivity contribution in [2.24, 2.45) is 11.8 Å². The van der Waals surface area contributed by atoms with Gasteiger partial charge < -0.3 is 24.0 Å². The normalized spacial score (nSPS) is 11.4. The average Bonchev–Trinajstić information content (AvgIpc) is 3.53. The van der Waals surface area contributed by atoms with E-state index in [1.165, 1.54) is 11.1 Å². The summed E-state index contributed by atoms with van der Waals surface area (Å²) in [5.41, 5.74) is 9.83. The van der Waals surface area contributed by atoms with Crippen LogP contribution in [-0.4, -0.2) is 24.5 Å². The number of ether oxygens (including phenoxy) is 2. The monoisotopic (exact) mass is 1080 g/mol. The number of aromatic nitrogens is 5. The Bertz CT molecular complexity index is 2600. The minimum absolute atomic E-state index is 0. The Morgan fingerprint density at radius 2 is 0.951 bits per heavy atom. The average molecular weight is 1080 g/mol. The quantitative estimate of drug-likeness (QED) is 0.0846. The number of fused-ring (bicyclic) bond motifs is 3. The summed E-state index contributed by atoms with van der Waals surface area (Å²) >= 11 is 0. The predicted molar refractivity (Wildman–Crippen MR) is 236 cm³/mol. The Labute approximate surface area is 388 Å². The number of hydrogen-bond donors (Lipinski definition) is 0. The van der Waals surface area contributed by atoms with Gasteiger partial charge in [-0.05, 0) is 66.1 Å². The zero-order valence-corrected chi connectivity index (χ0v) is 39.6. The third kappa shape index (κ3) is 10.6. The Kier molecular flexibility index (Phi) is 14.8. The molecule has 9 heteroatoms. The summed E-state index contributed by atoms with van der Waals surface area (Å²) in [5, 5.41) is 1.91.